The number of hydrogen-bond donors (Lipinski definition) is 1. The molecule has 0 aromatic carbocycles. The van der Waals surface area contributed by atoms with Crippen molar-refractivity contribution >= 4 is 17.8 Å². The highest BCUT2D eigenvalue weighted by Gasteiger charge is 2.60. The van der Waals surface area contributed by atoms with E-state index >= 15 is 0 Å². The standard InChI is InChI=1S/C16H19NO4/c18-14-12-9-1-2-10(7-9)13(12)15(19)17(14)11-5-3-8(4-6-11)16(20)21/h1-2,8-13H,3-7H2,(H,20,21)/t8?,9-,10-,11?,12+,13+/m0/s1. The number of rotatable bonds is 2. The lowest BCUT2D eigenvalue weighted by Crippen LogP contribution is -2.44. The van der Waals surface area contributed by atoms with E-state index in [1.54, 1.807) is 0 Å². The second kappa shape index (κ2) is 4.42. The third-order valence-electron chi connectivity index (χ3n) is 5.92. The third kappa shape index (κ3) is 1.72. The number of likely N-dealkylation sites (tertiary alicyclic amines) is 1. The van der Waals surface area contributed by atoms with E-state index in [2.05, 4.69) is 12.2 Å². The molecule has 0 aromatic rings. The molecule has 0 radical (unpaired) electrons. The number of carbonyl (C=O) groups is 3. The van der Waals surface area contributed by atoms with E-state index in [1.807, 2.05) is 0 Å². The Morgan fingerprint density at radius 2 is 1.52 bits per heavy atom. The minimum Gasteiger partial charge on any atom is -0.481 e. The number of aliphatic carboxylic acids is 1. The number of hydrogen-bond acceptors (Lipinski definition) is 3. The van der Waals surface area contributed by atoms with E-state index < -0.39 is 5.97 Å². The molecule has 5 nitrogen and oxygen atoms in total. The number of allylic oxidation sites excluding steroid dienone is 2. The summed E-state index contributed by atoms with van der Waals surface area (Å²) in [5.41, 5.74) is 0. The van der Waals surface area contributed by atoms with E-state index in [0.29, 0.717) is 25.7 Å². The minimum absolute atomic E-state index is 0.000579. The van der Waals surface area contributed by atoms with Crippen LogP contribution in [0.1, 0.15) is 32.1 Å². The highest BCUT2D eigenvalue weighted by molar-refractivity contribution is 6.06. The van der Waals surface area contributed by atoms with Crippen molar-refractivity contribution in [3.05, 3.63) is 12.2 Å². The number of carboxylic acid groups (broad SMARTS) is 1. The Hall–Kier alpha value is -1.65. The maximum Gasteiger partial charge on any atom is 0.306 e. The van der Waals surface area contributed by atoms with Gasteiger partial charge in [0.1, 0.15) is 0 Å². The second-order valence-electron chi connectivity index (χ2n) is 6.89. The van der Waals surface area contributed by atoms with Crippen LogP contribution in [-0.4, -0.2) is 33.8 Å². The summed E-state index contributed by atoms with van der Waals surface area (Å²) >= 11 is 0. The Balaban J connectivity index is 1.51. The highest BCUT2D eigenvalue weighted by Crippen LogP contribution is 2.53. The lowest BCUT2D eigenvalue weighted by molar-refractivity contribution is -0.146. The van der Waals surface area contributed by atoms with Gasteiger partial charge in [-0.05, 0) is 43.9 Å². The van der Waals surface area contributed by atoms with Gasteiger partial charge in [-0.2, -0.15) is 0 Å². The van der Waals surface area contributed by atoms with E-state index in [9.17, 15) is 14.4 Å². The van der Waals surface area contributed by atoms with Crippen molar-refractivity contribution in [1.29, 1.82) is 0 Å². The summed E-state index contributed by atoms with van der Waals surface area (Å²) in [6.07, 6.45) is 7.55. The molecule has 1 N–H and O–H groups in total. The van der Waals surface area contributed by atoms with Crippen molar-refractivity contribution < 1.29 is 19.5 Å². The van der Waals surface area contributed by atoms with Crippen molar-refractivity contribution in [2.24, 2.45) is 29.6 Å². The fourth-order valence-corrected chi connectivity index (χ4v) is 4.87. The molecule has 3 fully saturated rings. The number of carbonyl (C=O) groups excluding carboxylic acids is 2. The number of nitrogens with zero attached hydrogens (tertiary/aromatic N) is 1. The molecule has 3 aliphatic carbocycles. The second-order valence-corrected chi connectivity index (χ2v) is 6.89. The van der Waals surface area contributed by atoms with Gasteiger partial charge in [-0.1, -0.05) is 12.2 Å². The van der Waals surface area contributed by atoms with Crippen LogP contribution in [0.15, 0.2) is 12.2 Å². The molecule has 2 bridgehead atoms. The van der Waals surface area contributed by atoms with Crippen molar-refractivity contribution in [1.82, 2.24) is 4.90 Å². The molecule has 5 heteroatoms. The molecule has 4 rings (SSSR count). The van der Waals surface area contributed by atoms with Crippen molar-refractivity contribution in [2.45, 2.75) is 38.1 Å². The molecule has 1 aliphatic heterocycles. The Labute approximate surface area is 123 Å². The average molecular weight is 289 g/mol. The predicted molar refractivity (Wildman–Crippen MR) is 73.0 cm³/mol. The molecule has 1 saturated heterocycles. The molecular weight excluding hydrogens is 270 g/mol. The van der Waals surface area contributed by atoms with Gasteiger partial charge in [0.25, 0.3) is 0 Å². The number of fused-ring (bicyclic) bond motifs is 5. The van der Waals surface area contributed by atoms with Crippen LogP contribution in [-0.2, 0) is 14.4 Å². The van der Waals surface area contributed by atoms with Crippen LogP contribution in [0.4, 0.5) is 0 Å². The Kier molecular flexibility index (Phi) is 2.75. The lowest BCUT2D eigenvalue weighted by atomic mass is 9.85. The minimum atomic E-state index is -0.758. The molecule has 21 heavy (non-hydrogen) atoms. The van der Waals surface area contributed by atoms with Crippen LogP contribution >= 0.6 is 0 Å². The fourth-order valence-electron chi connectivity index (χ4n) is 4.87. The molecule has 4 atom stereocenters. The van der Waals surface area contributed by atoms with Gasteiger partial charge < -0.3 is 5.11 Å². The average Bonchev–Trinajstić information content (AvgIpc) is 3.13. The third-order valence-corrected chi connectivity index (χ3v) is 5.92. The first-order chi connectivity index (χ1) is 10.1. The zero-order chi connectivity index (χ0) is 14.7. The summed E-state index contributed by atoms with van der Waals surface area (Å²) in [6.45, 7) is 0. The first-order valence-corrected chi connectivity index (χ1v) is 7.86. The molecule has 1 heterocycles. The SMILES string of the molecule is O=C(O)C1CCC(N2C(=O)[C@H]3[C@H](C2=O)[C@H]2C=C[C@H]3C2)CC1. The smallest absolute Gasteiger partial charge is 0.306 e. The molecule has 2 amide bonds. The molecule has 0 unspecified atom stereocenters. The van der Waals surface area contributed by atoms with Gasteiger partial charge in [-0.15, -0.1) is 0 Å². The monoisotopic (exact) mass is 289 g/mol. The Bertz CT molecular complexity index is 516. The van der Waals surface area contributed by atoms with Crippen LogP contribution in [0.2, 0.25) is 0 Å². The van der Waals surface area contributed by atoms with Crippen LogP contribution in [0.5, 0.6) is 0 Å². The molecule has 4 aliphatic rings. The summed E-state index contributed by atoms with van der Waals surface area (Å²) in [7, 11) is 0. The zero-order valence-corrected chi connectivity index (χ0v) is 11.8. The van der Waals surface area contributed by atoms with Crippen LogP contribution < -0.4 is 0 Å². The predicted octanol–water partition coefficient (Wildman–Crippen LogP) is 1.44. The van der Waals surface area contributed by atoms with Crippen LogP contribution in [0.25, 0.3) is 0 Å². The Morgan fingerprint density at radius 1 is 1.00 bits per heavy atom. The normalized spacial score (nSPS) is 44.5. The number of imide groups is 1. The van der Waals surface area contributed by atoms with Gasteiger partial charge in [-0.25, -0.2) is 0 Å². The van der Waals surface area contributed by atoms with Crippen LogP contribution in [0, 0.1) is 29.6 Å². The topological polar surface area (TPSA) is 74.7 Å². The van der Waals surface area contributed by atoms with E-state index in [-0.39, 0.29) is 47.4 Å². The molecular formula is C16H19NO4. The van der Waals surface area contributed by atoms with E-state index in [4.69, 9.17) is 5.11 Å². The van der Waals surface area contributed by atoms with Crippen molar-refractivity contribution in [2.75, 3.05) is 0 Å². The number of amides is 2. The summed E-state index contributed by atoms with van der Waals surface area (Å²) in [4.78, 5) is 37.8. The largest absolute Gasteiger partial charge is 0.481 e. The maximum absolute atomic E-state index is 12.7. The van der Waals surface area contributed by atoms with Gasteiger partial charge in [0, 0.05) is 6.04 Å². The van der Waals surface area contributed by atoms with Crippen molar-refractivity contribution in [3.8, 4) is 0 Å². The highest BCUT2D eigenvalue weighted by atomic mass is 16.4. The summed E-state index contributed by atoms with van der Waals surface area (Å²) < 4.78 is 0. The lowest BCUT2D eigenvalue weighted by Gasteiger charge is -2.32. The summed E-state index contributed by atoms with van der Waals surface area (Å²) in [5, 5.41) is 9.05. The van der Waals surface area contributed by atoms with Gasteiger partial charge in [0.15, 0.2) is 0 Å². The van der Waals surface area contributed by atoms with Gasteiger partial charge in [-0.3, -0.25) is 19.3 Å². The summed E-state index contributed by atoms with van der Waals surface area (Å²) in [6, 6.07) is -0.0781. The quantitative estimate of drug-likeness (QED) is 0.616. The molecule has 0 aromatic heterocycles. The van der Waals surface area contributed by atoms with E-state index in [0.717, 1.165) is 6.42 Å². The van der Waals surface area contributed by atoms with Crippen molar-refractivity contribution in [3.63, 3.8) is 0 Å². The number of carboxylic acids is 1. The van der Waals surface area contributed by atoms with Gasteiger partial charge >= 0.3 is 5.97 Å². The zero-order valence-electron chi connectivity index (χ0n) is 11.8. The Morgan fingerprint density at radius 3 is 2.00 bits per heavy atom. The molecule has 112 valence electrons. The maximum atomic E-state index is 12.7. The molecule has 2 saturated carbocycles. The van der Waals surface area contributed by atoms with E-state index in [1.165, 1.54) is 4.90 Å². The first kappa shape index (κ1) is 13.0. The fraction of sp³-hybridized carbons (Fsp3) is 0.688. The van der Waals surface area contributed by atoms with Gasteiger partial charge in [0.05, 0.1) is 17.8 Å². The van der Waals surface area contributed by atoms with Crippen LogP contribution in [0.3, 0.4) is 0 Å². The molecule has 0 spiro atoms. The first-order valence-electron chi connectivity index (χ1n) is 7.86. The summed E-state index contributed by atoms with van der Waals surface area (Å²) in [5.74, 6) is -0.845. The van der Waals surface area contributed by atoms with Gasteiger partial charge in [0.2, 0.25) is 11.8 Å².